The molecule has 2 amide bonds. The molecule has 1 N–H and O–H groups in total. The Hall–Kier alpha value is -3.66. The van der Waals surface area contributed by atoms with E-state index >= 15 is 0 Å². The van der Waals surface area contributed by atoms with Crippen molar-refractivity contribution in [1.82, 2.24) is 10.2 Å². The molecule has 0 radical (unpaired) electrons. The van der Waals surface area contributed by atoms with Crippen molar-refractivity contribution in [2.24, 2.45) is 0 Å². The highest BCUT2D eigenvalue weighted by molar-refractivity contribution is 9.10. The summed E-state index contributed by atoms with van der Waals surface area (Å²) in [5.74, 6) is -0.838. The molecule has 10 heteroatoms. The van der Waals surface area contributed by atoms with Crippen molar-refractivity contribution in [3.63, 3.8) is 0 Å². The van der Waals surface area contributed by atoms with E-state index in [-0.39, 0.29) is 35.5 Å². The second-order valence-corrected chi connectivity index (χ2v) is 13.7. The molecule has 44 heavy (non-hydrogen) atoms. The van der Waals surface area contributed by atoms with Crippen molar-refractivity contribution in [1.29, 1.82) is 0 Å². The van der Waals surface area contributed by atoms with Crippen LogP contribution in [0.1, 0.15) is 31.4 Å². The van der Waals surface area contributed by atoms with Gasteiger partial charge in [0.15, 0.2) is 0 Å². The highest BCUT2D eigenvalue weighted by atomic mass is 79.9. The van der Waals surface area contributed by atoms with Gasteiger partial charge in [-0.3, -0.25) is 13.9 Å². The lowest BCUT2D eigenvalue weighted by atomic mass is 10.0. The fraction of sp³-hybridized carbons (Fsp3) is 0.235. The van der Waals surface area contributed by atoms with E-state index in [1.807, 2.05) is 68.4 Å². The molecule has 0 unspecified atom stereocenters. The van der Waals surface area contributed by atoms with E-state index in [0.29, 0.717) is 11.4 Å². The summed E-state index contributed by atoms with van der Waals surface area (Å²) in [4.78, 5) is 29.8. The van der Waals surface area contributed by atoms with E-state index < -0.39 is 28.5 Å². The molecule has 4 rings (SSSR count). The minimum absolute atomic E-state index is 0.0386. The second-order valence-electron chi connectivity index (χ2n) is 10.5. The zero-order valence-electron chi connectivity index (χ0n) is 24.6. The van der Waals surface area contributed by atoms with Crippen LogP contribution < -0.4 is 9.62 Å². The number of hydrogen-bond acceptors (Lipinski definition) is 4. The van der Waals surface area contributed by atoms with Gasteiger partial charge in [-0.25, -0.2) is 8.42 Å². The maximum Gasteiger partial charge on any atom is 0.264 e. The Bertz CT molecular complexity index is 1660. The van der Waals surface area contributed by atoms with Crippen LogP contribution >= 0.6 is 27.5 Å². The summed E-state index contributed by atoms with van der Waals surface area (Å²) >= 11 is 9.62. The quantitative estimate of drug-likeness (QED) is 0.166. The van der Waals surface area contributed by atoms with Gasteiger partial charge in [0.2, 0.25) is 11.8 Å². The molecule has 0 saturated carbocycles. The van der Waals surface area contributed by atoms with Gasteiger partial charge in [0.25, 0.3) is 10.0 Å². The number of hydrogen-bond donors (Lipinski definition) is 1. The predicted molar refractivity (Wildman–Crippen MR) is 179 cm³/mol. The Balaban J connectivity index is 1.80. The van der Waals surface area contributed by atoms with Crippen LogP contribution in [0.25, 0.3) is 0 Å². The number of nitrogens with zero attached hydrogens (tertiary/aromatic N) is 2. The highest BCUT2D eigenvalue weighted by Crippen LogP contribution is 2.26. The van der Waals surface area contributed by atoms with Gasteiger partial charge in [-0.2, -0.15) is 0 Å². The fourth-order valence-electron chi connectivity index (χ4n) is 4.68. The maximum atomic E-state index is 14.5. The van der Waals surface area contributed by atoms with E-state index in [9.17, 15) is 18.0 Å². The van der Waals surface area contributed by atoms with Gasteiger partial charge >= 0.3 is 0 Å². The standard InChI is InChI=1S/C34H35BrClN3O4S/c1-3-25(2)37-34(41)32(22-26-11-6-4-7-12-26)38(23-27-13-10-14-28(35)21-27)33(40)24-39(30-19-17-29(36)18-20-30)44(42,43)31-15-8-5-9-16-31/h4-21,25,32H,3,22-24H2,1-2H3,(H,37,41)/t25-,32+/m0/s1. The first-order valence-electron chi connectivity index (χ1n) is 14.3. The molecule has 0 aromatic heterocycles. The third-order valence-electron chi connectivity index (χ3n) is 7.24. The Morgan fingerprint density at radius 3 is 2.09 bits per heavy atom. The normalized spacial score (nSPS) is 12.6. The first-order chi connectivity index (χ1) is 21.1. The molecule has 0 aliphatic carbocycles. The van der Waals surface area contributed by atoms with Gasteiger partial charge in [0, 0.05) is 28.5 Å². The molecule has 2 atom stereocenters. The molecule has 230 valence electrons. The van der Waals surface area contributed by atoms with Crippen molar-refractivity contribution in [3.8, 4) is 0 Å². The van der Waals surface area contributed by atoms with Crippen LogP contribution in [0.2, 0.25) is 5.02 Å². The molecule has 0 aliphatic heterocycles. The average Bonchev–Trinajstić information content (AvgIpc) is 3.02. The topological polar surface area (TPSA) is 86.8 Å². The van der Waals surface area contributed by atoms with Gasteiger partial charge in [-0.15, -0.1) is 0 Å². The zero-order chi connectivity index (χ0) is 31.7. The smallest absolute Gasteiger partial charge is 0.264 e. The van der Waals surface area contributed by atoms with Crippen molar-refractivity contribution >= 4 is 55.1 Å². The number of halogens is 2. The summed E-state index contributed by atoms with van der Waals surface area (Å²) in [7, 11) is -4.17. The molecule has 0 fully saturated rings. The third kappa shape index (κ3) is 8.71. The zero-order valence-corrected chi connectivity index (χ0v) is 27.7. The van der Waals surface area contributed by atoms with Gasteiger partial charge in [0.05, 0.1) is 10.6 Å². The van der Waals surface area contributed by atoms with Gasteiger partial charge < -0.3 is 10.2 Å². The molecule has 0 aliphatic rings. The molecule has 0 heterocycles. The SMILES string of the molecule is CC[C@H](C)NC(=O)[C@@H](Cc1ccccc1)N(Cc1cccc(Br)c1)C(=O)CN(c1ccc(Cl)cc1)S(=O)(=O)c1ccccc1. The number of rotatable bonds is 13. The van der Waals surface area contributed by atoms with Gasteiger partial charge in [0.1, 0.15) is 12.6 Å². The van der Waals surface area contributed by atoms with Crippen molar-refractivity contribution in [2.45, 2.75) is 50.2 Å². The molecule has 4 aromatic rings. The molecule has 0 bridgehead atoms. The van der Waals surface area contributed by atoms with E-state index in [4.69, 9.17) is 11.6 Å². The number of anilines is 1. The second kappa shape index (κ2) is 15.4. The molecular formula is C34H35BrClN3O4S. The summed E-state index contributed by atoms with van der Waals surface area (Å²) in [5, 5.41) is 3.47. The maximum absolute atomic E-state index is 14.5. The van der Waals surface area contributed by atoms with Crippen molar-refractivity contribution in [3.05, 3.63) is 130 Å². The van der Waals surface area contributed by atoms with E-state index in [0.717, 1.165) is 19.9 Å². The van der Waals surface area contributed by atoms with Crippen LogP contribution in [0.4, 0.5) is 5.69 Å². The highest BCUT2D eigenvalue weighted by Gasteiger charge is 2.35. The predicted octanol–water partition coefficient (Wildman–Crippen LogP) is 6.85. The van der Waals surface area contributed by atoms with Crippen LogP contribution in [0, 0.1) is 0 Å². The minimum Gasteiger partial charge on any atom is -0.352 e. The molecule has 0 saturated heterocycles. The molecular weight excluding hydrogens is 662 g/mol. The lowest BCUT2D eigenvalue weighted by molar-refractivity contribution is -0.140. The first kappa shape index (κ1) is 33.2. The number of nitrogens with one attached hydrogen (secondary N) is 1. The van der Waals surface area contributed by atoms with Crippen LogP contribution in [-0.4, -0.2) is 43.8 Å². The number of carbonyl (C=O) groups is 2. The number of amides is 2. The van der Waals surface area contributed by atoms with E-state index in [1.54, 1.807) is 42.5 Å². The Morgan fingerprint density at radius 1 is 0.864 bits per heavy atom. The summed E-state index contributed by atoms with van der Waals surface area (Å²) in [6.45, 7) is 3.44. The third-order valence-corrected chi connectivity index (χ3v) is 9.77. The van der Waals surface area contributed by atoms with E-state index in [1.165, 1.54) is 17.0 Å². The van der Waals surface area contributed by atoms with E-state index in [2.05, 4.69) is 21.2 Å². The fourth-order valence-corrected chi connectivity index (χ4v) is 6.69. The Kier molecular flexibility index (Phi) is 11.6. The lowest BCUT2D eigenvalue weighted by Gasteiger charge is -2.34. The summed E-state index contributed by atoms with van der Waals surface area (Å²) in [5.41, 5.74) is 1.93. The summed E-state index contributed by atoms with van der Waals surface area (Å²) < 4.78 is 29.9. The number of carbonyl (C=O) groups excluding carboxylic acids is 2. The monoisotopic (exact) mass is 695 g/mol. The summed E-state index contributed by atoms with van der Waals surface area (Å²) in [6, 6.07) is 30.1. The lowest BCUT2D eigenvalue weighted by Crippen LogP contribution is -2.54. The minimum atomic E-state index is -4.17. The van der Waals surface area contributed by atoms with Crippen LogP contribution in [0.5, 0.6) is 0 Å². The van der Waals surface area contributed by atoms with Crippen LogP contribution in [0.15, 0.2) is 119 Å². The van der Waals surface area contributed by atoms with Crippen molar-refractivity contribution in [2.75, 3.05) is 10.8 Å². The average molecular weight is 697 g/mol. The Labute approximate surface area is 273 Å². The van der Waals surface area contributed by atoms with Crippen molar-refractivity contribution < 1.29 is 18.0 Å². The molecule has 7 nitrogen and oxygen atoms in total. The van der Waals surface area contributed by atoms with Gasteiger partial charge in [-0.05, 0) is 73.0 Å². The van der Waals surface area contributed by atoms with Gasteiger partial charge in [-0.1, -0.05) is 95.1 Å². The first-order valence-corrected chi connectivity index (χ1v) is 16.9. The summed E-state index contributed by atoms with van der Waals surface area (Å²) in [6.07, 6.45) is 0.957. The molecule has 4 aromatic carbocycles. The largest absolute Gasteiger partial charge is 0.352 e. The Morgan fingerprint density at radius 2 is 1.48 bits per heavy atom. The molecule has 0 spiro atoms. The number of benzene rings is 4. The number of sulfonamides is 1. The van der Waals surface area contributed by atoms with Crippen LogP contribution in [0.3, 0.4) is 0 Å². The van der Waals surface area contributed by atoms with Crippen LogP contribution in [-0.2, 0) is 32.6 Å².